The molecular formula is C23H30N6O4S. The molecule has 0 spiro atoms. The summed E-state index contributed by atoms with van der Waals surface area (Å²) in [6, 6.07) is 10.5. The van der Waals surface area contributed by atoms with Gasteiger partial charge in [0.2, 0.25) is 15.9 Å². The van der Waals surface area contributed by atoms with E-state index in [-0.39, 0.29) is 17.3 Å². The second-order valence-corrected chi connectivity index (χ2v) is 10.3. The quantitative estimate of drug-likeness (QED) is 0.517. The van der Waals surface area contributed by atoms with Crippen molar-refractivity contribution in [1.29, 1.82) is 0 Å². The minimum absolute atomic E-state index is 0.166. The van der Waals surface area contributed by atoms with E-state index in [0.717, 1.165) is 17.0 Å². The Balaban J connectivity index is 1.50. The number of sulfonamides is 1. The molecule has 11 heteroatoms. The Labute approximate surface area is 199 Å². The van der Waals surface area contributed by atoms with Crippen molar-refractivity contribution in [1.82, 2.24) is 23.7 Å². The fourth-order valence-electron chi connectivity index (χ4n) is 4.07. The first kappa shape index (κ1) is 24.3. The number of ether oxygens (including phenoxy) is 1. The van der Waals surface area contributed by atoms with Gasteiger partial charge < -0.3 is 14.6 Å². The molecule has 0 atom stereocenters. The van der Waals surface area contributed by atoms with E-state index in [2.05, 4.69) is 10.3 Å². The van der Waals surface area contributed by atoms with E-state index >= 15 is 0 Å². The van der Waals surface area contributed by atoms with Crippen molar-refractivity contribution < 1.29 is 17.9 Å². The van der Waals surface area contributed by atoms with Crippen LogP contribution in [0.15, 0.2) is 41.3 Å². The fourth-order valence-corrected chi connectivity index (χ4v) is 5.50. The number of imidazole rings is 1. The van der Waals surface area contributed by atoms with E-state index in [9.17, 15) is 13.2 Å². The third kappa shape index (κ3) is 5.27. The van der Waals surface area contributed by atoms with Crippen molar-refractivity contribution in [3.63, 3.8) is 0 Å². The summed E-state index contributed by atoms with van der Waals surface area (Å²) in [5.41, 5.74) is 2.31. The van der Waals surface area contributed by atoms with Crippen LogP contribution < -0.4 is 5.32 Å². The molecule has 0 unspecified atom stereocenters. The Kier molecular flexibility index (Phi) is 7.27. The van der Waals surface area contributed by atoms with Crippen LogP contribution in [0.3, 0.4) is 0 Å². The number of pyridine rings is 1. The molecule has 0 aliphatic carbocycles. The molecule has 0 bridgehead atoms. The number of likely N-dealkylation sites (N-methyl/N-ethyl adjacent to an activating group) is 1. The lowest BCUT2D eigenvalue weighted by atomic mass is 10.3. The van der Waals surface area contributed by atoms with Crippen LogP contribution in [0, 0.1) is 6.92 Å². The van der Waals surface area contributed by atoms with Crippen molar-refractivity contribution in [2.24, 2.45) is 0 Å². The summed E-state index contributed by atoms with van der Waals surface area (Å²) in [5.74, 6) is 1.12. The maximum absolute atomic E-state index is 13.0. The molecule has 1 aromatic carbocycles. The number of carbonyl (C=O) groups excluding carboxylic acids is 1. The van der Waals surface area contributed by atoms with Gasteiger partial charge in [0, 0.05) is 25.3 Å². The molecule has 0 radical (unpaired) electrons. The number of rotatable bonds is 8. The molecule has 1 N–H and O–H groups in total. The molecule has 1 aliphatic heterocycles. The summed E-state index contributed by atoms with van der Waals surface area (Å²) in [6.45, 7) is 6.65. The van der Waals surface area contributed by atoms with Gasteiger partial charge in [-0.05, 0) is 51.2 Å². The average molecular weight is 487 g/mol. The van der Waals surface area contributed by atoms with E-state index in [1.807, 2.05) is 42.5 Å². The van der Waals surface area contributed by atoms with E-state index in [1.165, 1.54) is 4.31 Å². The zero-order valence-corrected chi connectivity index (χ0v) is 20.5. The Bertz CT molecular complexity index is 1280. The predicted octanol–water partition coefficient (Wildman–Crippen LogP) is 1.85. The Morgan fingerprint density at radius 1 is 1.18 bits per heavy atom. The van der Waals surface area contributed by atoms with Gasteiger partial charge in [-0.15, -0.1) is 0 Å². The van der Waals surface area contributed by atoms with Gasteiger partial charge in [-0.1, -0.05) is 6.07 Å². The van der Waals surface area contributed by atoms with Gasteiger partial charge >= 0.3 is 0 Å². The van der Waals surface area contributed by atoms with Crippen LogP contribution in [0.5, 0.6) is 0 Å². The van der Waals surface area contributed by atoms with Crippen molar-refractivity contribution in [3.05, 3.63) is 47.9 Å². The topological polar surface area (TPSA) is 110 Å². The summed E-state index contributed by atoms with van der Waals surface area (Å²) in [5, 5.41) is 2.81. The number of amides is 1. The Morgan fingerprint density at radius 3 is 2.65 bits per heavy atom. The number of nitrogens with one attached hydrogen (secondary N) is 1. The van der Waals surface area contributed by atoms with Gasteiger partial charge in [0.1, 0.15) is 11.6 Å². The van der Waals surface area contributed by atoms with Crippen LogP contribution in [0.2, 0.25) is 0 Å². The Hall–Kier alpha value is -2.86. The standard InChI is InChI=1S/C23H30N6O4S/c1-4-29-20-9-8-18(34(31,32)28-10-12-33-13-11-28)14-19(20)25-22(29)15-27(3)16-23(30)26-21-7-5-6-17(2)24-21/h5-9,14H,4,10-13,15-16H2,1-3H3,(H,24,26,30). The highest BCUT2D eigenvalue weighted by Gasteiger charge is 2.27. The first-order chi connectivity index (χ1) is 16.3. The smallest absolute Gasteiger partial charge is 0.243 e. The second kappa shape index (κ2) is 10.2. The maximum atomic E-state index is 13.0. The van der Waals surface area contributed by atoms with E-state index in [4.69, 9.17) is 9.72 Å². The number of aryl methyl sites for hydroxylation is 2. The number of carbonyl (C=O) groups is 1. The Morgan fingerprint density at radius 2 is 1.94 bits per heavy atom. The van der Waals surface area contributed by atoms with Crippen LogP contribution in [0.4, 0.5) is 5.82 Å². The molecule has 3 heterocycles. The molecule has 3 aromatic rings. The molecule has 1 saturated heterocycles. The van der Waals surface area contributed by atoms with Crippen molar-refractivity contribution >= 4 is 32.8 Å². The normalized spacial score (nSPS) is 15.2. The van der Waals surface area contributed by atoms with Crippen LogP contribution in [0.1, 0.15) is 18.4 Å². The van der Waals surface area contributed by atoms with E-state index in [0.29, 0.717) is 50.7 Å². The third-order valence-electron chi connectivity index (χ3n) is 5.70. The summed E-state index contributed by atoms with van der Waals surface area (Å²) in [6.07, 6.45) is 0. The summed E-state index contributed by atoms with van der Waals surface area (Å²) in [7, 11) is -1.76. The van der Waals surface area contributed by atoms with Crippen LogP contribution >= 0.6 is 0 Å². The monoisotopic (exact) mass is 486 g/mol. The summed E-state index contributed by atoms with van der Waals surface area (Å²) in [4.78, 5) is 23.6. The summed E-state index contributed by atoms with van der Waals surface area (Å²) < 4.78 is 34.8. The number of nitrogens with zero attached hydrogens (tertiary/aromatic N) is 5. The van der Waals surface area contributed by atoms with Crippen LogP contribution in [-0.4, -0.2) is 78.0 Å². The van der Waals surface area contributed by atoms with Crippen LogP contribution in [-0.2, 0) is 32.6 Å². The number of aromatic nitrogens is 3. The minimum atomic E-state index is -3.60. The zero-order chi connectivity index (χ0) is 24.3. The van der Waals surface area contributed by atoms with Gasteiger partial charge in [0.25, 0.3) is 0 Å². The van der Waals surface area contributed by atoms with Gasteiger partial charge in [0.05, 0.1) is 42.2 Å². The number of hydrogen-bond acceptors (Lipinski definition) is 7. The van der Waals surface area contributed by atoms with E-state index < -0.39 is 10.0 Å². The van der Waals surface area contributed by atoms with Gasteiger partial charge in [-0.25, -0.2) is 18.4 Å². The molecule has 0 saturated carbocycles. The number of benzene rings is 1. The van der Waals surface area contributed by atoms with Crippen molar-refractivity contribution in [3.8, 4) is 0 Å². The lowest BCUT2D eigenvalue weighted by Crippen LogP contribution is -2.40. The molecule has 34 heavy (non-hydrogen) atoms. The lowest BCUT2D eigenvalue weighted by molar-refractivity contribution is -0.117. The zero-order valence-electron chi connectivity index (χ0n) is 19.7. The minimum Gasteiger partial charge on any atom is -0.379 e. The molecule has 10 nitrogen and oxygen atoms in total. The van der Waals surface area contributed by atoms with Crippen molar-refractivity contribution in [2.45, 2.75) is 31.8 Å². The number of anilines is 1. The second-order valence-electron chi connectivity index (χ2n) is 8.32. The molecule has 1 fully saturated rings. The summed E-state index contributed by atoms with van der Waals surface area (Å²) >= 11 is 0. The van der Waals surface area contributed by atoms with Crippen molar-refractivity contribution in [2.75, 3.05) is 45.2 Å². The number of fused-ring (bicyclic) bond motifs is 1. The molecule has 1 amide bonds. The highest BCUT2D eigenvalue weighted by molar-refractivity contribution is 7.89. The lowest BCUT2D eigenvalue weighted by Gasteiger charge is -2.26. The van der Waals surface area contributed by atoms with E-state index in [1.54, 1.807) is 24.3 Å². The van der Waals surface area contributed by atoms with Crippen LogP contribution in [0.25, 0.3) is 11.0 Å². The molecular weight excluding hydrogens is 456 g/mol. The molecule has 182 valence electrons. The highest BCUT2D eigenvalue weighted by Crippen LogP contribution is 2.24. The SMILES string of the molecule is CCn1c(CN(C)CC(=O)Nc2cccc(C)n2)nc2cc(S(=O)(=O)N3CCOCC3)ccc21. The highest BCUT2D eigenvalue weighted by atomic mass is 32.2. The molecule has 1 aliphatic rings. The average Bonchev–Trinajstić information content (AvgIpc) is 3.15. The first-order valence-electron chi connectivity index (χ1n) is 11.3. The largest absolute Gasteiger partial charge is 0.379 e. The first-order valence-corrected chi connectivity index (χ1v) is 12.7. The van der Waals surface area contributed by atoms with Gasteiger partial charge in [-0.3, -0.25) is 9.69 Å². The van der Waals surface area contributed by atoms with Gasteiger partial charge in [-0.2, -0.15) is 4.31 Å². The fraction of sp³-hybridized carbons (Fsp3) is 0.435. The molecule has 2 aromatic heterocycles. The number of morpholine rings is 1. The third-order valence-corrected chi connectivity index (χ3v) is 7.60. The maximum Gasteiger partial charge on any atom is 0.243 e. The number of hydrogen-bond donors (Lipinski definition) is 1. The van der Waals surface area contributed by atoms with Gasteiger partial charge in [0.15, 0.2) is 0 Å². The molecule has 4 rings (SSSR count). The predicted molar refractivity (Wildman–Crippen MR) is 129 cm³/mol.